The lowest BCUT2D eigenvalue weighted by atomic mass is 9.86. The molecule has 128 valence electrons. The third-order valence-electron chi connectivity index (χ3n) is 3.73. The highest BCUT2D eigenvalue weighted by atomic mass is 35.5. The first-order chi connectivity index (χ1) is 11.0. The molecule has 7 heteroatoms. The molecule has 0 saturated carbocycles. The Labute approximate surface area is 144 Å². The van der Waals surface area contributed by atoms with Gasteiger partial charge in [0.2, 0.25) is 0 Å². The zero-order valence-corrected chi connectivity index (χ0v) is 14.8. The minimum Gasteiger partial charge on any atom is -0.480 e. The predicted molar refractivity (Wildman–Crippen MR) is 94.2 cm³/mol. The van der Waals surface area contributed by atoms with Crippen LogP contribution in [-0.4, -0.2) is 20.6 Å². The summed E-state index contributed by atoms with van der Waals surface area (Å²) < 4.78 is 1.20. The molecule has 6 nitrogen and oxygen atoms in total. The molecule has 0 aliphatic rings. The van der Waals surface area contributed by atoms with Crippen LogP contribution in [0.3, 0.4) is 0 Å². The van der Waals surface area contributed by atoms with Gasteiger partial charge in [0.25, 0.3) is 5.56 Å². The minimum atomic E-state index is -1.08. The Morgan fingerprint density at radius 1 is 1.33 bits per heavy atom. The molecule has 0 spiro atoms. The number of aliphatic carboxylic acids is 1. The lowest BCUT2D eigenvalue weighted by molar-refractivity contribution is -0.144. The fourth-order valence-corrected chi connectivity index (χ4v) is 2.85. The second-order valence-corrected chi connectivity index (χ2v) is 7.17. The molecule has 24 heavy (non-hydrogen) atoms. The first-order valence-corrected chi connectivity index (χ1v) is 7.78. The maximum atomic E-state index is 12.6. The van der Waals surface area contributed by atoms with E-state index in [9.17, 15) is 14.7 Å². The van der Waals surface area contributed by atoms with E-state index in [-0.39, 0.29) is 0 Å². The van der Waals surface area contributed by atoms with Crippen molar-refractivity contribution in [3.63, 3.8) is 0 Å². The quantitative estimate of drug-likeness (QED) is 0.829. The van der Waals surface area contributed by atoms with E-state index in [0.717, 1.165) is 0 Å². The summed E-state index contributed by atoms with van der Waals surface area (Å²) in [7, 11) is 0. The van der Waals surface area contributed by atoms with Crippen molar-refractivity contribution in [2.75, 3.05) is 5.73 Å². The van der Waals surface area contributed by atoms with Crippen molar-refractivity contribution >= 4 is 23.3 Å². The average Bonchev–Trinajstić information content (AvgIpc) is 2.43. The van der Waals surface area contributed by atoms with Crippen LogP contribution in [0, 0.1) is 12.3 Å². The van der Waals surface area contributed by atoms with Crippen LogP contribution in [-0.2, 0) is 4.79 Å². The molecule has 0 aliphatic carbocycles. The number of carboxylic acid groups (broad SMARTS) is 1. The largest absolute Gasteiger partial charge is 0.480 e. The van der Waals surface area contributed by atoms with Gasteiger partial charge in [0.15, 0.2) is 0 Å². The second kappa shape index (κ2) is 6.28. The fraction of sp³-hybridized carbons (Fsp3) is 0.353. The van der Waals surface area contributed by atoms with Crippen molar-refractivity contribution in [3.05, 3.63) is 45.5 Å². The van der Waals surface area contributed by atoms with Crippen molar-refractivity contribution < 1.29 is 9.90 Å². The van der Waals surface area contributed by atoms with Crippen LogP contribution >= 0.6 is 11.6 Å². The van der Waals surface area contributed by atoms with Crippen molar-refractivity contribution in [1.29, 1.82) is 0 Å². The van der Waals surface area contributed by atoms with Gasteiger partial charge < -0.3 is 10.8 Å². The second-order valence-electron chi connectivity index (χ2n) is 6.74. The van der Waals surface area contributed by atoms with Crippen molar-refractivity contribution in [2.45, 2.75) is 33.7 Å². The van der Waals surface area contributed by atoms with Crippen molar-refractivity contribution in [3.8, 4) is 11.3 Å². The Morgan fingerprint density at radius 3 is 2.46 bits per heavy atom. The highest BCUT2D eigenvalue weighted by Crippen LogP contribution is 2.32. The molecule has 0 saturated heterocycles. The Bertz CT molecular complexity index is 853. The number of hydrogen-bond acceptors (Lipinski definition) is 4. The highest BCUT2D eigenvalue weighted by Gasteiger charge is 2.35. The number of rotatable bonds is 3. The number of carboxylic acids is 1. The van der Waals surface area contributed by atoms with Gasteiger partial charge in [-0.25, -0.2) is 9.78 Å². The molecule has 1 aromatic heterocycles. The molecular weight excluding hydrogens is 330 g/mol. The number of hydrogen-bond donors (Lipinski definition) is 2. The highest BCUT2D eigenvalue weighted by molar-refractivity contribution is 6.31. The number of benzene rings is 1. The molecule has 2 aromatic rings. The number of carbonyl (C=O) groups is 1. The average molecular weight is 350 g/mol. The van der Waals surface area contributed by atoms with Crippen LogP contribution in [0.15, 0.2) is 29.1 Å². The van der Waals surface area contributed by atoms with Crippen LogP contribution in [0.5, 0.6) is 0 Å². The number of nitrogens with zero attached hydrogens (tertiary/aromatic N) is 2. The summed E-state index contributed by atoms with van der Waals surface area (Å²) >= 11 is 5.99. The molecular formula is C17H20ClN3O3. The van der Waals surface area contributed by atoms with E-state index in [1.54, 1.807) is 45.9 Å². The standard InChI is InChI=1S/C17H20ClN3O3/c1-9-20-13(11-7-10(18)5-6-12(11)19)8-14(22)21(9)15(16(23)24)17(2,3)4/h5-8,15H,19H2,1-4H3,(H,23,24). The molecule has 2 rings (SSSR count). The SMILES string of the molecule is Cc1nc(-c2cc(Cl)ccc2N)cc(=O)n1C(C(=O)O)C(C)(C)C. The lowest BCUT2D eigenvalue weighted by Crippen LogP contribution is -2.39. The van der Waals surface area contributed by atoms with Gasteiger partial charge in [-0.3, -0.25) is 9.36 Å². The number of nitrogens with two attached hydrogens (primary N) is 1. The predicted octanol–water partition coefficient (Wildman–Crippen LogP) is 3.13. The van der Waals surface area contributed by atoms with Crippen molar-refractivity contribution in [2.24, 2.45) is 5.41 Å². The molecule has 0 amide bonds. The Balaban J connectivity index is 2.67. The molecule has 3 N–H and O–H groups in total. The van der Waals surface area contributed by atoms with Gasteiger partial charge in [0.05, 0.1) is 5.69 Å². The van der Waals surface area contributed by atoms with Crippen molar-refractivity contribution in [1.82, 2.24) is 9.55 Å². The van der Waals surface area contributed by atoms with Gasteiger partial charge in [-0.05, 0) is 30.5 Å². The van der Waals surface area contributed by atoms with E-state index < -0.39 is 23.0 Å². The van der Waals surface area contributed by atoms with Gasteiger partial charge in [-0.2, -0.15) is 0 Å². The molecule has 0 bridgehead atoms. The normalized spacial score (nSPS) is 12.9. The Hall–Kier alpha value is -2.34. The monoisotopic (exact) mass is 349 g/mol. The lowest BCUT2D eigenvalue weighted by Gasteiger charge is -2.29. The first kappa shape index (κ1) is 18.0. The summed E-state index contributed by atoms with van der Waals surface area (Å²) in [4.78, 5) is 28.7. The summed E-state index contributed by atoms with van der Waals surface area (Å²) in [6.45, 7) is 6.90. The molecule has 0 radical (unpaired) electrons. The maximum Gasteiger partial charge on any atom is 0.327 e. The molecule has 0 fully saturated rings. The van der Waals surface area contributed by atoms with Gasteiger partial charge in [-0.1, -0.05) is 32.4 Å². The van der Waals surface area contributed by atoms with E-state index in [1.165, 1.54) is 10.6 Å². The number of aromatic nitrogens is 2. The maximum absolute atomic E-state index is 12.6. The van der Waals surface area contributed by atoms with E-state index >= 15 is 0 Å². The number of nitrogen functional groups attached to an aromatic ring is 1. The summed E-state index contributed by atoms with van der Waals surface area (Å²) in [5.74, 6) is -0.774. The number of anilines is 1. The van der Waals surface area contributed by atoms with Crippen LogP contribution in [0.4, 0.5) is 5.69 Å². The van der Waals surface area contributed by atoms with Gasteiger partial charge >= 0.3 is 5.97 Å². The minimum absolute atomic E-state index is 0.305. The Kier molecular flexibility index (Phi) is 4.71. The molecule has 1 aromatic carbocycles. The fourth-order valence-electron chi connectivity index (χ4n) is 2.68. The van der Waals surface area contributed by atoms with E-state index in [4.69, 9.17) is 17.3 Å². The Morgan fingerprint density at radius 2 is 1.96 bits per heavy atom. The van der Waals surface area contributed by atoms with Gasteiger partial charge in [-0.15, -0.1) is 0 Å². The number of aryl methyl sites for hydroxylation is 1. The van der Waals surface area contributed by atoms with E-state index in [0.29, 0.717) is 27.8 Å². The van der Waals surface area contributed by atoms with E-state index in [1.807, 2.05) is 0 Å². The third-order valence-corrected chi connectivity index (χ3v) is 3.97. The third kappa shape index (κ3) is 3.43. The summed E-state index contributed by atoms with van der Waals surface area (Å²) in [6.07, 6.45) is 0. The van der Waals surface area contributed by atoms with Gasteiger partial charge in [0, 0.05) is 22.3 Å². The van der Waals surface area contributed by atoms with Gasteiger partial charge in [0.1, 0.15) is 11.9 Å². The molecule has 1 unspecified atom stereocenters. The zero-order valence-electron chi connectivity index (χ0n) is 14.0. The van der Waals surface area contributed by atoms with Crippen LogP contribution in [0.25, 0.3) is 11.3 Å². The number of halogens is 1. The topological polar surface area (TPSA) is 98.2 Å². The summed E-state index contributed by atoms with van der Waals surface area (Å²) in [5, 5.41) is 10.0. The van der Waals surface area contributed by atoms with Crippen LogP contribution in [0.2, 0.25) is 5.02 Å². The first-order valence-electron chi connectivity index (χ1n) is 7.40. The van der Waals surface area contributed by atoms with E-state index in [2.05, 4.69) is 4.98 Å². The van der Waals surface area contributed by atoms with Crippen LogP contribution in [0.1, 0.15) is 32.6 Å². The zero-order chi connectivity index (χ0) is 18.2. The van der Waals surface area contributed by atoms with Crippen LogP contribution < -0.4 is 11.3 Å². The molecule has 0 aliphatic heterocycles. The molecule has 1 heterocycles. The summed E-state index contributed by atoms with van der Waals surface area (Å²) in [5.41, 5.74) is 6.18. The summed E-state index contributed by atoms with van der Waals surface area (Å²) in [6, 6.07) is 5.17. The smallest absolute Gasteiger partial charge is 0.327 e. The molecule has 1 atom stereocenters.